The van der Waals surface area contributed by atoms with E-state index in [0.717, 1.165) is 12.8 Å². The molecule has 0 amide bonds. The third kappa shape index (κ3) is 2.62. The van der Waals surface area contributed by atoms with Gasteiger partial charge in [-0.1, -0.05) is 31.3 Å². The molecule has 0 aromatic carbocycles. The van der Waals surface area contributed by atoms with Crippen LogP contribution in [0.4, 0.5) is 0 Å². The molecule has 1 aliphatic rings. The van der Waals surface area contributed by atoms with Crippen molar-refractivity contribution in [1.82, 2.24) is 0 Å². The first-order valence-corrected chi connectivity index (χ1v) is 5.50. The molecule has 0 saturated heterocycles. The Labute approximate surface area is 87.2 Å². The fourth-order valence-corrected chi connectivity index (χ4v) is 2.34. The second-order valence-electron chi connectivity index (χ2n) is 4.13. The molecule has 1 fully saturated rings. The maximum absolute atomic E-state index is 10.4. The minimum Gasteiger partial charge on any atom is -0.377 e. The van der Waals surface area contributed by atoms with E-state index in [2.05, 4.69) is 18.4 Å². The molecule has 1 atom stereocenters. The van der Waals surface area contributed by atoms with Crippen molar-refractivity contribution in [3.8, 4) is 11.8 Å². The molecule has 0 unspecified atom stereocenters. The molecule has 0 spiro atoms. The molecule has 78 valence electrons. The minimum absolute atomic E-state index is 0.349. The molecule has 1 rings (SSSR count). The summed E-state index contributed by atoms with van der Waals surface area (Å²) in [4.78, 5) is 0. The van der Waals surface area contributed by atoms with Gasteiger partial charge in [-0.2, -0.15) is 0 Å². The van der Waals surface area contributed by atoms with E-state index < -0.39 is 5.60 Å². The maximum Gasteiger partial charge on any atom is 0.131 e. The van der Waals surface area contributed by atoms with Crippen LogP contribution < -0.4 is 0 Å². The summed E-state index contributed by atoms with van der Waals surface area (Å²) in [5.74, 6) is 6.16. The maximum atomic E-state index is 10.4. The summed E-state index contributed by atoms with van der Waals surface area (Å²) in [6.07, 6.45) is 8.36. The summed E-state index contributed by atoms with van der Waals surface area (Å²) in [5, 5.41) is 10.4. The van der Waals surface area contributed by atoms with Crippen molar-refractivity contribution in [3.05, 3.63) is 12.7 Å². The van der Waals surface area contributed by atoms with Crippen LogP contribution in [0, 0.1) is 17.8 Å². The lowest BCUT2D eigenvalue weighted by Gasteiger charge is -2.33. The summed E-state index contributed by atoms with van der Waals surface area (Å²) in [6, 6.07) is 0. The van der Waals surface area contributed by atoms with Crippen molar-refractivity contribution in [2.75, 3.05) is 0 Å². The molecule has 1 heteroatoms. The molecule has 0 aromatic heterocycles. The quantitative estimate of drug-likeness (QED) is 0.538. The van der Waals surface area contributed by atoms with Crippen LogP contribution in [0.3, 0.4) is 0 Å². The fraction of sp³-hybridized carbons (Fsp3) is 0.692. The van der Waals surface area contributed by atoms with Gasteiger partial charge < -0.3 is 5.11 Å². The first-order valence-electron chi connectivity index (χ1n) is 5.50. The van der Waals surface area contributed by atoms with Crippen molar-refractivity contribution in [1.29, 1.82) is 0 Å². The van der Waals surface area contributed by atoms with Crippen molar-refractivity contribution >= 4 is 0 Å². The molecular weight excluding hydrogens is 172 g/mol. The third-order valence-corrected chi connectivity index (χ3v) is 3.08. The molecule has 1 aliphatic carbocycles. The fourth-order valence-electron chi connectivity index (χ4n) is 2.34. The average Bonchev–Trinajstić information content (AvgIpc) is 2.20. The van der Waals surface area contributed by atoms with Crippen LogP contribution in [0.2, 0.25) is 0 Å². The van der Waals surface area contributed by atoms with Gasteiger partial charge in [-0.25, -0.2) is 0 Å². The normalized spacial score (nSPS) is 21.9. The smallest absolute Gasteiger partial charge is 0.131 e. The average molecular weight is 192 g/mol. The highest BCUT2D eigenvalue weighted by atomic mass is 16.3. The van der Waals surface area contributed by atoms with Gasteiger partial charge in [0.05, 0.1) is 0 Å². The Morgan fingerprint density at radius 3 is 2.57 bits per heavy atom. The molecule has 1 nitrogen and oxygen atoms in total. The molecular formula is C13H20O. The zero-order valence-corrected chi connectivity index (χ0v) is 9.05. The topological polar surface area (TPSA) is 20.2 Å². The van der Waals surface area contributed by atoms with Gasteiger partial charge in [0.25, 0.3) is 0 Å². The highest BCUT2D eigenvalue weighted by Gasteiger charge is 2.34. The Balaban J connectivity index is 2.72. The van der Waals surface area contributed by atoms with Gasteiger partial charge in [0.1, 0.15) is 5.60 Å². The van der Waals surface area contributed by atoms with Crippen LogP contribution in [-0.2, 0) is 0 Å². The lowest BCUT2D eigenvalue weighted by Crippen LogP contribution is -2.37. The summed E-state index contributed by atoms with van der Waals surface area (Å²) < 4.78 is 0. The van der Waals surface area contributed by atoms with Crippen LogP contribution >= 0.6 is 0 Å². The van der Waals surface area contributed by atoms with Gasteiger partial charge in [0, 0.05) is 6.42 Å². The summed E-state index contributed by atoms with van der Waals surface area (Å²) in [6.45, 7) is 5.48. The van der Waals surface area contributed by atoms with Crippen molar-refractivity contribution in [2.24, 2.45) is 5.92 Å². The van der Waals surface area contributed by atoms with E-state index in [1.165, 1.54) is 19.3 Å². The van der Waals surface area contributed by atoms with E-state index in [4.69, 9.17) is 0 Å². The Hall–Kier alpha value is -0.740. The van der Waals surface area contributed by atoms with Crippen LogP contribution in [-0.4, -0.2) is 10.7 Å². The van der Waals surface area contributed by atoms with Gasteiger partial charge in [0.2, 0.25) is 0 Å². The molecule has 0 bridgehead atoms. The zero-order chi connectivity index (χ0) is 10.4. The molecule has 0 radical (unpaired) electrons. The van der Waals surface area contributed by atoms with E-state index in [9.17, 15) is 5.11 Å². The Kier molecular flexibility index (Phi) is 4.22. The molecule has 0 aromatic rings. The van der Waals surface area contributed by atoms with E-state index in [1.54, 1.807) is 13.0 Å². The molecule has 1 saturated carbocycles. The summed E-state index contributed by atoms with van der Waals surface area (Å²) >= 11 is 0. The summed E-state index contributed by atoms with van der Waals surface area (Å²) in [7, 11) is 0. The highest BCUT2D eigenvalue weighted by Crippen LogP contribution is 2.34. The third-order valence-electron chi connectivity index (χ3n) is 3.08. The predicted molar refractivity (Wildman–Crippen MR) is 59.8 cm³/mol. The number of hydrogen-bond donors (Lipinski definition) is 1. The Morgan fingerprint density at radius 1 is 1.43 bits per heavy atom. The SMILES string of the molecule is C=CC[C@](O)(C#CC)C1CCCCC1. The van der Waals surface area contributed by atoms with Crippen LogP contribution in [0.15, 0.2) is 12.7 Å². The predicted octanol–water partition coefficient (Wildman–Crippen LogP) is 2.90. The second kappa shape index (κ2) is 5.22. The van der Waals surface area contributed by atoms with E-state index in [0.29, 0.717) is 12.3 Å². The largest absolute Gasteiger partial charge is 0.377 e. The highest BCUT2D eigenvalue weighted by molar-refractivity contribution is 5.16. The second-order valence-corrected chi connectivity index (χ2v) is 4.13. The summed E-state index contributed by atoms with van der Waals surface area (Å²) in [5.41, 5.74) is -0.809. The van der Waals surface area contributed by atoms with Gasteiger partial charge in [0.15, 0.2) is 0 Å². The molecule has 1 N–H and O–H groups in total. The number of aliphatic hydroxyl groups is 1. The zero-order valence-electron chi connectivity index (χ0n) is 9.05. The lowest BCUT2D eigenvalue weighted by molar-refractivity contribution is 0.0225. The lowest BCUT2D eigenvalue weighted by atomic mass is 9.75. The Bertz CT molecular complexity index is 240. The minimum atomic E-state index is -0.809. The van der Waals surface area contributed by atoms with Crippen molar-refractivity contribution in [3.63, 3.8) is 0 Å². The van der Waals surface area contributed by atoms with Gasteiger partial charge in [-0.15, -0.1) is 12.5 Å². The first kappa shape index (κ1) is 11.3. The van der Waals surface area contributed by atoms with Gasteiger partial charge >= 0.3 is 0 Å². The number of hydrogen-bond acceptors (Lipinski definition) is 1. The first-order chi connectivity index (χ1) is 6.73. The van der Waals surface area contributed by atoms with E-state index in [-0.39, 0.29) is 0 Å². The van der Waals surface area contributed by atoms with Gasteiger partial charge in [-0.3, -0.25) is 0 Å². The standard InChI is InChI=1S/C13H20O/c1-3-10-13(14,11-4-2)12-8-6-5-7-9-12/h3,12,14H,1,5-10H2,2H3/t13-/m0/s1. The van der Waals surface area contributed by atoms with Crippen molar-refractivity contribution in [2.45, 2.75) is 51.0 Å². The van der Waals surface area contributed by atoms with Crippen LogP contribution in [0.25, 0.3) is 0 Å². The van der Waals surface area contributed by atoms with Crippen LogP contribution in [0.5, 0.6) is 0 Å². The molecule has 14 heavy (non-hydrogen) atoms. The van der Waals surface area contributed by atoms with Gasteiger partial charge in [-0.05, 0) is 25.7 Å². The molecule has 0 aliphatic heterocycles. The van der Waals surface area contributed by atoms with Crippen LogP contribution in [0.1, 0.15) is 45.4 Å². The Morgan fingerprint density at radius 2 is 2.07 bits per heavy atom. The number of rotatable bonds is 3. The van der Waals surface area contributed by atoms with E-state index >= 15 is 0 Å². The monoisotopic (exact) mass is 192 g/mol. The molecule has 0 heterocycles. The van der Waals surface area contributed by atoms with Crippen molar-refractivity contribution < 1.29 is 5.11 Å². The van der Waals surface area contributed by atoms with E-state index in [1.807, 2.05) is 0 Å².